The Kier molecular flexibility index (Phi) is 5.38. The lowest BCUT2D eigenvalue weighted by atomic mass is 10.2. The van der Waals surface area contributed by atoms with Gasteiger partial charge in [-0.15, -0.1) is 0 Å². The van der Waals surface area contributed by atoms with E-state index >= 15 is 0 Å². The van der Waals surface area contributed by atoms with E-state index in [4.69, 9.17) is 11.6 Å². The zero-order valence-corrected chi connectivity index (χ0v) is 17.2. The lowest BCUT2D eigenvalue weighted by molar-refractivity contribution is 0.262. The molecule has 0 radical (unpaired) electrons. The first-order valence-corrected chi connectivity index (χ1v) is 10.8. The Labute approximate surface area is 180 Å². The van der Waals surface area contributed by atoms with Crippen molar-refractivity contribution in [2.75, 3.05) is 10.6 Å². The molecule has 0 bridgehead atoms. The van der Waals surface area contributed by atoms with Gasteiger partial charge in [0.25, 0.3) is 0 Å². The lowest BCUT2D eigenvalue weighted by Crippen LogP contribution is -2.21. The minimum absolute atomic E-state index is 0.0199. The minimum Gasteiger partial charge on any atom is -0.340 e. The standard InChI is InChI=1S/C21H14ClF2N3O3S/c22-12-6-7-18-17(8-12)19(31(29,30)16-4-2-1-3-5-16)20(26-18)27-21(28)25-15-10-13(23)9-14(24)11-15/h1-11,26H,(H2,25,27,28). The molecule has 0 spiro atoms. The quantitative estimate of drug-likeness (QED) is 0.370. The van der Waals surface area contributed by atoms with Gasteiger partial charge in [-0.05, 0) is 42.5 Å². The molecule has 6 nitrogen and oxygen atoms in total. The van der Waals surface area contributed by atoms with Crippen molar-refractivity contribution in [3.05, 3.63) is 83.4 Å². The summed E-state index contributed by atoms with van der Waals surface area (Å²) in [6, 6.07) is 13.9. The molecule has 0 saturated carbocycles. The number of benzene rings is 3. The number of amides is 2. The van der Waals surface area contributed by atoms with Crippen LogP contribution < -0.4 is 10.6 Å². The van der Waals surface area contributed by atoms with Crippen LogP contribution in [0.2, 0.25) is 5.02 Å². The molecule has 2 amide bonds. The van der Waals surface area contributed by atoms with Crippen LogP contribution in [0.15, 0.2) is 76.5 Å². The normalized spacial score (nSPS) is 11.5. The van der Waals surface area contributed by atoms with Crippen LogP contribution in [0, 0.1) is 11.6 Å². The number of rotatable bonds is 4. The number of fused-ring (bicyclic) bond motifs is 1. The fraction of sp³-hybridized carbons (Fsp3) is 0. The van der Waals surface area contributed by atoms with E-state index < -0.39 is 27.5 Å². The highest BCUT2D eigenvalue weighted by Gasteiger charge is 2.27. The van der Waals surface area contributed by atoms with Gasteiger partial charge in [0.05, 0.1) is 4.90 Å². The maximum absolute atomic E-state index is 13.4. The van der Waals surface area contributed by atoms with Gasteiger partial charge in [-0.25, -0.2) is 22.0 Å². The third-order valence-corrected chi connectivity index (χ3v) is 6.48. The van der Waals surface area contributed by atoms with Crippen molar-refractivity contribution in [3.8, 4) is 0 Å². The lowest BCUT2D eigenvalue weighted by Gasteiger charge is -2.10. The van der Waals surface area contributed by atoms with Gasteiger partial charge in [0.1, 0.15) is 22.3 Å². The highest BCUT2D eigenvalue weighted by molar-refractivity contribution is 7.92. The number of carbonyl (C=O) groups excluding carboxylic acids is 1. The van der Waals surface area contributed by atoms with Gasteiger partial charge in [-0.3, -0.25) is 5.32 Å². The van der Waals surface area contributed by atoms with Crippen molar-refractivity contribution >= 4 is 49.9 Å². The van der Waals surface area contributed by atoms with Crippen LogP contribution in [0.1, 0.15) is 0 Å². The van der Waals surface area contributed by atoms with Gasteiger partial charge in [0, 0.05) is 27.7 Å². The number of anilines is 2. The zero-order chi connectivity index (χ0) is 22.2. The van der Waals surface area contributed by atoms with Crippen LogP contribution in [0.3, 0.4) is 0 Å². The monoisotopic (exact) mass is 461 g/mol. The predicted molar refractivity (Wildman–Crippen MR) is 114 cm³/mol. The molecule has 3 aromatic carbocycles. The number of sulfone groups is 1. The van der Waals surface area contributed by atoms with E-state index in [0.717, 1.165) is 12.1 Å². The fourth-order valence-electron chi connectivity index (χ4n) is 3.13. The fourth-order valence-corrected chi connectivity index (χ4v) is 4.88. The molecular formula is C21H14ClF2N3O3S. The average Bonchev–Trinajstić information content (AvgIpc) is 3.05. The number of H-pyrrole nitrogens is 1. The number of carbonyl (C=O) groups is 1. The van der Waals surface area contributed by atoms with E-state index in [2.05, 4.69) is 15.6 Å². The first kappa shape index (κ1) is 20.8. The second kappa shape index (κ2) is 8.01. The molecule has 31 heavy (non-hydrogen) atoms. The highest BCUT2D eigenvalue weighted by atomic mass is 35.5. The van der Waals surface area contributed by atoms with E-state index in [-0.39, 0.29) is 26.7 Å². The third kappa shape index (κ3) is 4.23. The van der Waals surface area contributed by atoms with Gasteiger partial charge >= 0.3 is 6.03 Å². The smallest absolute Gasteiger partial charge is 0.324 e. The van der Waals surface area contributed by atoms with Crippen molar-refractivity contribution in [2.24, 2.45) is 0 Å². The Morgan fingerprint density at radius 1 is 0.903 bits per heavy atom. The molecule has 1 heterocycles. The number of halogens is 3. The van der Waals surface area contributed by atoms with E-state index in [1.807, 2.05) is 0 Å². The second-order valence-corrected chi connectivity index (χ2v) is 8.90. The number of aromatic nitrogens is 1. The Balaban J connectivity index is 1.77. The Bertz CT molecular complexity index is 1390. The summed E-state index contributed by atoms with van der Waals surface area (Å²) in [6.45, 7) is 0. The van der Waals surface area contributed by atoms with Crippen molar-refractivity contribution in [1.29, 1.82) is 0 Å². The van der Waals surface area contributed by atoms with Crippen LogP contribution in [0.25, 0.3) is 10.9 Å². The molecule has 0 aliphatic heterocycles. The van der Waals surface area contributed by atoms with Crippen LogP contribution >= 0.6 is 11.6 Å². The molecule has 10 heteroatoms. The summed E-state index contributed by atoms with van der Waals surface area (Å²) in [6.07, 6.45) is 0. The summed E-state index contributed by atoms with van der Waals surface area (Å²) in [7, 11) is -4.05. The van der Waals surface area contributed by atoms with Gasteiger partial charge in [-0.1, -0.05) is 29.8 Å². The summed E-state index contributed by atoms with van der Waals surface area (Å²) in [4.78, 5) is 15.1. The Hall–Kier alpha value is -3.43. The summed E-state index contributed by atoms with van der Waals surface area (Å²) in [5.74, 6) is -1.86. The number of aromatic amines is 1. The third-order valence-electron chi connectivity index (χ3n) is 4.39. The van der Waals surface area contributed by atoms with Crippen LogP contribution in [-0.4, -0.2) is 19.4 Å². The van der Waals surface area contributed by atoms with Crippen LogP contribution in [0.4, 0.5) is 25.1 Å². The molecule has 0 fully saturated rings. The molecule has 158 valence electrons. The second-order valence-electron chi connectivity index (χ2n) is 6.57. The predicted octanol–water partition coefficient (Wildman–Crippen LogP) is 5.58. The minimum atomic E-state index is -4.05. The summed E-state index contributed by atoms with van der Waals surface area (Å²) in [5, 5.41) is 5.27. The maximum Gasteiger partial charge on any atom is 0.324 e. The van der Waals surface area contributed by atoms with Crippen molar-refractivity contribution in [2.45, 2.75) is 9.79 Å². The largest absolute Gasteiger partial charge is 0.340 e. The Morgan fingerprint density at radius 2 is 1.58 bits per heavy atom. The average molecular weight is 462 g/mol. The number of hydrogen-bond acceptors (Lipinski definition) is 3. The van der Waals surface area contributed by atoms with E-state index in [9.17, 15) is 22.0 Å². The molecule has 0 unspecified atom stereocenters. The topological polar surface area (TPSA) is 91.1 Å². The molecule has 0 atom stereocenters. The molecule has 4 rings (SSSR count). The van der Waals surface area contributed by atoms with Gasteiger partial charge < -0.3 is 10.3 Å². The first-order chi connectivity index (χ1) is 14.7. The van der Waals surface area contributed by atoms with E-state index in [1.165, 1.54) is 18.2 Å². The van der Waals surface area contributed by atoms with E-state index in [1.54, 1.807) is 30.3 Å². The van der Waals surface area contributed by atoms with Gasteiger partial charge in [0.15, 0.2) is 0 Å². The molecular weight excluding hydrogens is 448 g/mol. The summed E-state index contributed by atoms with van der Waals surface area (Å²) in [5.41, 5.74) is 0.285. The van der Waals surface area contributed by atoms with Gasteiger partial charge in [-0.2, -0.15) is 0 Å². The van der Waals surface area contributed by atoms with Crippen LogP contribution in [0.5, 0.6) is 0 Å². The molecule has 0 aliphatic carbocycles. The van der Waals surface area contributed by atoms with Crippen molar-refractivity contribution in [1.82, 2.24) is 4.98 Å². The maximum atomic E-state index is 13.4. The number of hydrogen-bond donors (Lipinski definition) is 3. The molecule has 4 aromatic rings. The van der Waals surface area contributed by atoms with Gasteiger partial charge in [0.2, 0.25) is 9.84 Å². The molecule has 1 aromatic heterocycles. The Morgan fingerprint density at radius 3 is 2.26 bits per heavy atom. The SMILES string of the molecule is O=C(Nc1cc(F)cc(F)c1)Nc1[nH]c2ccc(Cl)cc2c1S(=O)(=O)c1ccccc1. The number of nitrogens with one attached hydrogen (secondary N) is 3. The van der Waals surface area contributed by atoms with Crippen molar-refractivity contribution in [3.63, 3.8) is 0 Å². The molecule has 0 saturated heterocycles. The zero-order valence-electron chi connectivity index (χ0n) is 15.6. The highest BCUT2D eigenvalue weighted by Crippen LogP contribution is 2.36. The first-order valence-electron chi connectivity index (χ1n) is 8.89. The number of urea groups is 1. The summed E-state index contributed by atoms with van der Waals surface area (Å²) >= 11 is 6.06. The van der Waals surface area contributed by atoms with Crippen molar-refractivity contribution < 1.29 is 22.0 Å². The molecule has 3 N–H and O–H groups in total. The van der Waals surface area contributed by atoms with E-state index in [0.29, 0.717) is 16.6 Å². The molecule has 0 aliphatic rings. The van der Waals surface area contributed by atoms with Crippen LogP contribution in [-0.2, 0) is 9.84 Å². The summed E-state index contributed by atoms with van der Waals surface area (Å²) < 4.78 is 53.4.